The molecule has 0 spiro atoms. The van der Waals surface area contributed by atoms with E-state index in [9.17, 15) is 26.4 Å². The summed E-state index contributed by atoms with van der Waals surface area (Å²) < 4.78 is 64.1. The molecule has 9 heteroatoms. The van der Waals surface area contributed by atoms with Gasteiger partial charge in [0, 0.05) is 11.6 Å². The number of rotatable bonds is 5. The third kappa shape index (κ3) is 6.20. The van der Waals surface area contributed by atoms with Crippen molar-refractivity contribution in [2.75, 3.05) is 6.54 Å². The molecule has 1 amide bonds. The summed E-state index contributed by atoms with van der Waals surface area (Å²) in [6, 6.07) is 3.92. The molecule has 1 aliphatic carbocycles. The molecular weight excluding hydrogens is 393 g/mol. The van der Waals surface area contributed by atoms with Crippen molar-refractivity contribution in [2.45, 2.75) is 74.4 Å². The summed E-state index contributed by atoms with van der Waals surface area (Å²) in [6.07, 6.45) is -2.80. The third-order valence-corrected chi connectivity index (χ3v) is 6.93. The predicted molar refractivity (Wildman–Crippen MR) is 101 cm³/mol. The number of amides is 1. The van der Waals surface area contributed by atoms with Crippen LogP contribution in [0.3, 0.4) is 0 Å². The van der Waals surface area contributed by atoms with Crippen LogP contribution >= 0.6 is 0 Å². The zero-order chi connectivity index (χ0) is 21.2. The highest BCUT2D eigenvalue weighted by atomic mass is 32.2. The SMILES string of the molecule is CC(C)(C)NC(=O)CN[C@H]1CC[C@H](S(=O)(=O)c2cccc(C(F)(F)F)c2)CC1. The Hall–Kier alpha value is -1.61. The van der Waals surface area contributed by atoms with E-state index in [1.54, 1.807) is 0 Å². The minimum absolute atomic E-state index is 0.0127. The Labute approximate surface area is 164 Å². The first kappa shape index (κ1) is 22.7. The van der Waals surface area contributed by atoms with Crippen LogP contribution < -0.4 is 10.6 Å². The van der Waals surface area contributed by atoms with Crippen LogP contribution in [0.4, 0.5) is 13.2 Å². The summed E-state index contributed by atoms with van der Waals surface area (Å²) in [6.45, 7) is 5.80. The van der Waals surface area contributed by atoms with Crippen LogP contribution in [0, 0.1) is 0 Å². The van der Waals surface area contributed by atoms with Gasteiger partial charge in [-0.2, -0.15) is 13.2 Å². The summed E-state index contributed by atoms with van der Waals surface area (Å²) in [7, 11) is -3.83. The highest BCUT2D eigenvalue weighted by molar-refractivity contribution is 7.92. The van der Waals surface area contributed by atoms with Crippen molar-refractivity contribution < 1.29 is 26.4 Å². The molecule has 0 bridgehead atoms. The van der Waals surface area contributed by atoms with Crippen LogP contribution in [0.15, 0.2) is 29.2 Å². The fraction of sp³-hybridized carbons (Fsp3) is 0.632. The maximum atomic E-state index is 12.9. The number of halogens is 3. The van der Waals surface area contributed by atoms with Gasteiger partial charge in [0.1, 0.15) is 0 Å². The van der Waals surface area contributed by atoms with Gasteiger partial charge >= 0.3 is 6.18 Å². The fourth-order valence-corrected chi connectivity index (χ4v) is 5.16. The van der Waals surface area contributed by atoms with Crippen molar-refractivity contribution in [3.05, 3.63) is 29.8 Å². The van der Waals surface area contributed by atoms with Crippen LogP contribution in [-0.4, -0.2) is 37.7 Å². The van der Waals surface area contributed by atoms with Gasteiger partial charge in [-0.05, 0) is 64.7 Å². The van der Waals surface area contributed by atoms with Crippen molar-refractivity contribution in [2.24, 2.45) is 0 Å². The molecule has 2 N–H and O–H groups in total. The molecule has 0 unspecified atom stereocenters. The molecule has 1 saturated carbocycles. The number of benzene rings is 1. The lowest BCUT2D eigenvalue weighted by Crippen LogP contribution is -2.47. The molecule has 0 saturated heterocycles. The van der Waals surface area contributed by atoms with E-state index in [0.717, 1.165) is 12.1 Å². The number of carbonyl (C=O) groups excluding carboxylic acids is 1. The average molecular weight is 420 g/mol. The standard InChI is InChI=1S/C19H27F3N2O3S/c1-18(2,3)24-17(25)12-23-14-7-9-15(10-8-14)28(26,27)16-6-4-5-13(11-16)19(20,21)22/h4-6,11,14-15,23H,7-10,12H2,1-3H3,(H,24,25)/t14-,15-. The van der Waals surface area contributed by atoms with E-state index in [0.29, 0.717) is 31.7 Å². The van der Waals surface area contributed by atoms with E-state index in [-0.39, 0.29) is 28.9 Å². The molecule has 1 fully saturated rings. The van der Waals surface area contributed by atoms with Crippen molar-refractivity contribution >= 4 is 15.7 Å². The van der Waals surface area contributed by atoms with Crippen LogP contribution in [0.5, 0.6) is 0 Å². The molecule has 1 aliphatic rings. The molecule has 1 aromatic rings. The first-order valence-electron chi connectivity index (χ1n) is 9.24. The van der Waals surface area contributed by atoms with Crippen molar-refractivity contribution in [3.63, 3.8) is 0 Å². The van der Waals surface area contributed by atoms with Crippen LogP contribution in [0.1, 0.15) is 52.0 Å². The minimum atomic E-state index is -4.58. The van der Waals surface area contributed by atoms with Gasteiger partial charge in [-0.15, -0.1) is 0 Å². The Morgan fingerprint density at radius 1 is 1.11 bits per heavy atom. The molecular formula is C19H27F3N2O3S. The van der Waals surface area contributed by atoms with Gasteiger partial charge in [-0.25, -0.2) is 8.42 Å². The number of alkyl halides is 3. The van der Waals surface area contributed by atoms with E-state index in [1.165, 1.54) is 6.07 Å². The van der Waals surface area contributed by atoms with E-state index >= 15 is 0 Å². The molecule has 0 radical (unpaired) electrons. The van der Waals surface area contributed by atoms with E-state index < -0.39 is 26.8 Å². The molecule has 158 valence electrons. The molecule has 28 heavy (non-hydrogen) atoms. The lowest BCUT2D eigenvalue weighted by atomic mass is 9.95. The lowest BCUT2D eigenvalue weighted by molar-refractivity contribution is -0.137. The molecule has 0 aromatic heterocycles. The maximum absolute atomic E-state index is 12.9. The maximum Gasteiger partial charge on any atom is 0.416 e. The second kappa shape index (κ2) is 8.41. The zero-order valence-corrected chi connectivity index (χ0v) is 17.1. The highest BCUT2D eigenvalue weighted by Gasteiger charge is 2.35. The molecule has 2 rings (SSSR count). The van der Waals surface area contributed by atoms with Crippen LogP contribution in [0.25, 0.3) is 0 Å². The molecule has 5 nitrogen and oxygen atoms in total. The summed E-state index contributed by atoms with van der Waals surface area (Å²) in [5, 5.41) is 5.26. The summed E-state index contributed by atoms with van der Waals surface area (Å²) in [5.41, 5.74) is -1.29. The molecule has 0 atom stereocenters. The molecule has 1 aromatic carbocycles. The van der Waals surface area contributed by atoms with E-state index in [4.69, 9.17) is 0 Å². The smallest absolute Gasteiger partial charge is 0.350 e. The third-order valence-electron chi connectivity index (χ3n) is 4.67. The van der Waals surface area contributed by atoms with Crippen LogP contribution in [0.2, 0.25) is 0 Å². The number of hydrogen-bond acceptors (Lipinski definition) is 4. The number of nitrogens with one attached hydrogen (secondary N) is 2. The van der Waals surface area contributed by atoms with Gasteiger partial charge in [0.15, 0.2) is 9.84 Å². The lowest BCUT2D eigenvalue weighted by Gasteiger charge is -2.29. The Morgan fingerprint density at radius 2 is 1.71 bits per heavy atom. The fourth-order valence-electron chi connectivity index (χ4n) is 3.32. The summed E-state index contributed by atoms with van der Waals surface area (Å²) >= 11 is 0. The Balaban J connectivity index is 1.94. The topological polar surface area (TPSA) is 75.3 Å². The highest BCUT2D eigenvalue weighted by Crippen LogP contribution is 2.33. The van der Waals surface area contributed by atoms with Gasteiger partial charge in [0.05, 0.1) is 22.3 Å². The second-order valence-corrected chi connectivity index (χ2v) is 10.5. The minimum Gasteiger partial charge on any atom is -0.350 e. The monoisotopic (exact) mass is 420 g/mol. The van der Waals surface area contributed by atoms with Gasteiger partial charge in [-0.1, -0.05) is 6.07 Å². The zero-order valence-electron chi connectivity index (χ0n) is 16.3. The van der Waals surface area contributed by atoms with Crippen molar-refractivity contribution in [3.8, 4) is 0 Å². The second-order valence-electron chi connectivity index (χ2n) is 8.22. The molecule has 0 heterocycles. The van der Waals surface area contributed by atoms with E-state index in [1.807, 2.05) is 20.8 Å². The van der Waals surface area contributed by atoms with Crippen molar-refractivity contribution in [1.29, 1.82) is 0 Å². The summed E-state index contributed by atoms with van der Waals surface area (Å²) in [4.78, 5) is 11.6. The van der Waals surface area contributed by atoms with E-state index in [2.05, 4.69) is 10.6 Å². The van der Waals surface area contributed by atoms with Gasteiger partial charge in [0.25, 0.3) is 0 Å². The first-order valence-corrected chi connectivity index (χ1v) is 10.8. The number of hydrogen-bond donors (Lipinski definition) is 2. The Kier molecular flexibility index (Phi) is 6.81. The normalized spacial score (nSPS) is 21.4. The molecule has 0 aliphatic heterocycles. The average Bonchev–Trinajstić information content (AvgIpc) is 2.58. The summed E-state index contributed by atoms with van der Waals surface area (Å²) in [5.74, 6) is -0.133. The number of sulfone groups is 1. The van der Waals surface area contributed by atoms with Gasteiger partial charge < -0.3 is 10.6 Å². The van der Waals surface area contributed by atoms with Crippen LogP contribution in [-0.2, 0) is 20.8 Å². The van der Waals surface area contributed by atoms with Gasteiger partial charge in [-0.3, -0.25) is 4.79 Å². The Bertz CT molecular complexity index is 793. The first-order chi connectivity index (χ1) is 12.8. The number of carbonyl (C=O) groups is 1. The van der Waals surface area contributed by atoms with Crippen molar-refractivity contribution in [1.82, 2.24) is 10.6 Å². The Morgan fingerprint density at radius 3 is 2.25 bits per heavy atom. The van der Waals surface area contributed by atoms with Gasteiger partial charge in [0.2, 0.25) is 5.91 Å². The predicted octanol–water partition coefficient (Wildman–Crippen LogP) is 3.29. The quantitative estimate of drug-likeness (QED) is 0.767. The largest absolute Gasteiger partial charge is 0.416 e.